The number of aromatic hydroxyl groups is 1. The van der Waals surface area contributed by atoms with Crippen molar-refractivity contribution in [2.75, 3.05) is 4.90 Å². The van der Waals surface area contributed by atoms with Gasteiger partial charge in [-0.2, -0.15) is 10.2 Å². The summed E-state index contributed by atoms with van der Waals surface area (Å²) >= 11 is 7.83. The first kappa shape index (κ1) is 30.0. The number of allylic oxidation sites excluding steroid dienone is 2. The second kappa shape index (κ2) is 10.1. The Balaban J connectivity index is 1.26. The number of thiophene rings is 1. The molecule has 10 nitrogen and oxygen atoms in total. The highest BCUT2D eigenvalue weighted by atomic mass is 35.5. The van der Waals surface area contributed by atoms with Gasteiger partial charge in [-0.05, 0) is 85.9 Å². The lowest BCUT2D eigenvalue weighted by Crippen LogP contribution is -2.48. The molecule has 2 aliphatic carbocycles. The predicted molar refractivity (Wildman–Crippen MR) is 175 cm³/mol. The van der Waals surface area contributed by atoms with E-state index in [0.717, 1.165) is 31.7 Å². The summed E-state index contributed by atoms with van der Waals surface area (Å²) in [6.45, 7) is 5.57. The van der Waals surface area contributed by atoms with E-state index in [4.69, 9.17) is 16.7 Å². The van der Waals surface area contributed by atoms with Gasteiger partial charge in [0, 0.05) is 28.8 Å². The molecule has 47 heavy (non-hydrogen) atoms. The molecule has 0 unspecified atom stereocenters. The molecule has 0 radical (unpaired) electrons. The average molecular weight is 671 g/mol. The number of aryl methyl sites for hydroxylation is 3. The Morgan fingerprint density at radius 3 is 2.51 bits per heavy atom. The van der Waals surface area contributed by atoms with Gasteiger partial charge in [-0.3, -0.25) is 29.1 Å². The highest BCUT2D eigenvalue weighted by Gasteiger charge is 2.68. The molecule has 12 heteroatoms. The second-order valence-corrected chi connectivity index (χ2v) is 14.9. The van der Waals surface area contributed by atoms with Crippen molar-refractivity contribution in [3.63, 3.8) is 0 Å². The molecule has 2 aromatic heterocycles. The average Bonchev–Trinajstić information content (AvgIpc) is 3.70. The van der Waals surface area contributed by atoms with E-state index in [9.17, 15) is 29.5 Å². The minimum absolute atomic E-state index is 0.102. The van der Waals surface area contributed by atoms with Crippen molar-refractivity contribution in [2.24, 2.45) is 36.1 Å². The van der Waals surface area contributed by atoms with Crippen LogP contribution in [0.5, 0.6) is 5.75 Å². The van der Waals surface area contributed by atoms with Crippen molar-refractivity contribution >= 4 is 62.5 Å². The van der Waals surface area contributed by atoms with Crippen LogP contribution in [-0.2, 0) is 26.2 Å². The van der Waals surface area contributed by atoms with E-state index in [1.54, 1.807) is 48.2 Å². The van der Waals surface area contributed by atoms with Crippen LogP contribution in [0.1, 0.15) is 42.4 Å². The zero-order valence-electron chi connectivity index (χ0n) is 26.0. The number of hydroxylamine groups is 2. The fourth-order valence-electron chi connectivity index (χ4n) is 8.67. The lowest BCUT2D eigenvalue weighted by Gasteiger charge is -2.49. The van der Waals surface area contributed by atoms with Crippen molar-refractivity contribution in [1.29, 1.82) is 0 Å². The van der Waals surface area contributed by atoms with Crippen LogP contribution in [0.3, 0.4) is 0 Å². The van der Waals surface area contributed by atoms with Crippen LogP contribution in [0, 0.1) is 42.9 Å². The molecule has 240 valence electrons. The van der Waals surface area contributed by atoms with E-state index < -0.39 is 52.7 Å². The number of anilines is 1. The summed E-state index contributed by atoms with van der Waals surface area (Å²) < 4.78 is 2.59. The molecule has 6 atom stereocenters. The number of halogens is 1. The van der Waals surface area contributed by atoms with Gasteiger partial charge in [-0.1, -0.05) is 35.4 Å². The molecule has 4 amide bonds. The number of amides is 4. The highest BCUT2D eigenvalue weighted by molar-refractivity contribution is 7.22. The Hall–Kier alpha value is -4.32. The minimum atomic E-state index is -1.24. The Morgan fingerprint density at radius 2 is 1.77 bits per heavy atom. The van der Waals surface area contributed by atoms with Gasteiger partial charge in [0.15, 0.2) is 0 Å². The van der Waals surface area contributed by atoms with E-state index in [0.29, 0.717) is 22.1 Å². The number of rotatable bonds is 3. The molecule has 4 aromatic rings. The first-order chi connectivity index (χ1) is 22.3. The third kappa shape index (κ3) is 3.96. The van der Waals surface area contributed by atoms with Crippen molar-refractivity contribution in [3.8, 4) is 16.3 Å². The van der Waals surface area contributed by atoms with Gasteiger partial charge < -0.3 is 5.11 Å². The molecule has 0 bridgehead atoms. The molecule has 0 spiro atoms. The zero-order valence-corrected chi connectivity index (χ0v) is 27.6. The topological polar surface area (TPSA) is 133 Å². The number of carbonyl (C=O) groups excluding carboxylic acids is 4. The third-order valence-electron chi connectivity index (χ3n) is 11.0. The van der Waals surface area contributed by atoms with Gasteiger partial charge in [0.05, 0.1) is 28.0 Å². The minimum Gasteiger partial charge on any atom is -0.508 e. The largest absolute Gasteiger partial charge is 0.508 e. The molecule has 2 aliphatic heterocycles. The van der Waals surface area contributed by atoms with E-state index >= 15 is 0 Å². The Morgan fingerprint density at radius 1 is 1.00 bits per heavy atom. The molecule has 8 rings (SSSR count). The summed E-state index contributed by atoms with van der Waals surface area (Å²) in [7, 11) is 1.70. The van der Waals surface area contributed by atoms with E-state index in [1.807, 2.05) is 44.2 Å². The molecule has 2 saturated heterocycles. The Bertz CT molecular complexity index is 2130. The molecule has 3 fully saturated rings. The first-order valence-electron chi connectivity index (χ1n) is 15.5. The van der Waals surface area contributed by atoms with Gasteiger partial charge >= 0.3 is 0 Å². The number of benzene rings is 2. The number of nitrogens with zero attached hydrogens (tertiary/aromatic N) is 4. The van der Waals surface area contributed by atoms with Crippen LogP contribution in [0.2, 0.25) is 5.02 Å². The van der Waals surface area contributed by atoms with Crippen LogP contribution in [0.25, 0.3) is 20.7 Å². The summed E-state index contributed by atoms with van der Waals surface area (Å²) in [6, 6.07) is 12.6. The van der Waals surface area contributed by atoms with E-state index in [1.165, 1.54) is 4.90 Å². The normalized spacial score (nSPS) is 28.6. The Labute approximate surface area is 278 Å². The fourth-order valence-corrected chi connectivity index (χ4v) is 9.99. The van der Waals surface area contributed by atoms with Gasteiger partial charge in [-0.15, -0.1) is 11.3 Å². The predicted octanol–water partition coefficient (Wildman–Crippen LogP) is 5.90. The number of phenols is 1. The summed E-state index contributed by atoms with van der Waals surface area (Å²) in [6.07, 6.45) is 2.33. The molecule has 2 aromatic carbocycles. The van der Waals surface area contributed by atoms with Gasteiger partial charge in [0.2, 0.25) is 11.8 Å². The summed E-state index contributed by atoms with van der Waals surface area (Å²) in [5.74, 6) is -5.19. The number of imide groups is 2. The first-order valence-corrected chi connectivity index (χ1v) is 16.7. The lowest BCUT2D eigenvalue weighted by atomic mass is 9.51. The van der Waals surface area contributed by atoms with Crippen molar-refractivity contribution in [3.05, 3.63) is 75.8 Å². The standard InChI is InChI=1S/C35H31ClN4O6S/c1-15-11-17(5-9-25(15)41)29-19-7-8-20-28(33(44)40(46)31(20)42)22(19)13-23-32(43)39(34(45)35(23,29)3)27-14-24(37-38(27)4)30-16(2)21-12-18(36)6-10-26(21)47-30/h5-7,9-12,14,20,22-23,28-29,41,46H,8,13H2,1-4H3/t20-,22+,23-,28-,29-,35+/m0/s1. The van der Waals surface area contributed by atoms with Crippen LogP contribution < -0.4 is 4.90 Å². The van der Waals surface area contributed by atoms with Crippen molar-refractivity contribution in [1.82, 2.24) is 14.8 Å². The Kier molecular flexibility index (Phi) is 6.45. The maximum atomic E-state index is 14.8. The lowest BCUT2D eigenvalue weighted by molar-refractivity contribution is -0.173. The molecule has 1 saturated carbocycles. The highest BCUT2D eigenvalue weighted by Crippen LogP contribution is 2.63. The number of hydrogen-bond acceptors (Lipinski definition) is 8. The summed E-state index contributed by atoms with van der Waals surface area (Å²) in [5, 5.41) is 27.3. The van der Waals surface area contributed by atoms with Crippen LogP contribution >= 0.6 is 22.9 Å². The number of fused-ring (bicyclic) bond motifs is 5. The van der Waals surface area contributed by atoms with Crippen LogP contribution in [-0.4, -0.2) is 48.8 Å². The monoisotopic (exact) mass is 670 g/mol. The van der Waals surface area contributed by atoms with Gasteiger partial charge in [0.1, 0.15) is 17.3 Å². The quantitative estimate of drug-likeness (QED) is 0.158. The summed E-state index contributed by atoms with van der Waals surface area (Å²) in [4.78, 5) is 57.6. The van der Waals surface area contributed by atoms with Crippen LogP contribution in [0.15, 0.2) is 54.1 Å². The molecule has 4 heterocycles. The number of aromatic nitrogens is 2. The zero-order chi connectivity index (χ0) is 33.3. The maximum Gasteiger partial charge on any atom is 0.257 e. The van der Waals surface area contributed by atoms with Crippen molar-refractivity contribution in [2.45, 2.75) is 39.5 Å². The molecular weight excluding hydrogens is 640 g/mol. The number of phenolic OH excluding ortho intramolecular Hbond substituents is 1. The number of hydrogen-bond donors (Lipinski definition) is 2. The smallest absolute Gasteiger partial charge is 0.257 e. The fraction of sp³-hybridized carbons (Fsp3) is 0.343. The second-order valence-electron chi connectivity index (χ2n) is 13.4. The summed E-state index contributed by atoms with van der Waals surface area (Å²) in [5.41, 5.74) is 2.53. The molecule has 4 aliphatic rings. The SMILES string of the molecule is Cc1cc([C@H]2C3=CC[C@@H]4C(=O)N(O)C(=O)[C@@H]4[C@@H]3C[C@H]3C(=O)N(c4cc(-c5sc6ccc(Cl)cc6c5C)nn4C)C(=O)[C@@]23C)ccc1O. The molecular formula is C35H31ClN4O6S. The van der Waals surface area contributed by atoms with E-state index in [2.05, 4.69) is 0 Å². The third-order valence-corrected chi connectivity index (χ3v) is 12.6. The molecule has 2 N–H and O–H groups in total. The van der Waals surface area contributed by atoms with E-state index in [-0.39, 0.29) is 29.6 Å². The van der Waals surface area contributed by atoms with Crippen molar-refractivity contribution < 1.29 is 29.5 Å². The van der Waals surface area contributed by atoms with Gasteiger partial charge in [0.25, 0.3) is 11.8 Å². The maximum absolute atomic E-state index is 14.8. The van der Waals surface area contributed by atoms with Gasteiger partial charge in [-0.25, -0.2) is 4.90 Å². The number of carbonyl (C=O) groups is 4. The van der Waals surface area contributed by atoms with Crippen LogP contribution in [0.4, 0.5) is 5.82 Å².